The van der Waals surface area contributed by atoms with Crippen molar-refractivity contribution < 1.29 is 28.6 Å². The number of cyclic esters (lactones) is 1. The van der Waals surface area contributed by atoms with Gasteiger partial charge in [0.25, 0.3) is 0 Å². The molecule has 0 aromatic carbocycles. The molecule has 0 N–H and O–H groups in total. The van der Waals surface area contributed by atoms with Crippen molar-refractivity contribution in [1.29, 1.82) is 0 Å². The summed E-state index contributed by atoms with van der Waals surface area (Å²) in [5, 5.41) is 0. The zero-order valence-corrected chi connectivity index (χ0v) is 17.4. The quantitative estimate of drug-likeness (QED) is 0.399. The van der Waals surface area contributed by atoms with Gasteiger partial charge in [0.2, 0.25) is 0 Å². The number of carbonyl (C=O) groups excluding carboxylic acids is 3. The lowest BCUT2D eigenvalue weighted by Gasteiger charge is -2.59. The molecule has 2 atom stereocenters. The van der Waals surface area contributed by atoms with E-state index in [-0.39, 0.29) is 12.2 Å². The van der Waals surface area contributed by atoms with Crippen molar-refractivity contribution in [3.8, 4) is 0 Å². The van der Waals surface area contributed by atoms with Gasteiger partial charge >= 0.3 is 17.9 Å². The van der Waals surface area contributed by atoms with Crippen LogP contribution in [0, 0.1) is 29.6 Å². The Bertz CT molecular complexity index is 750. The number of ether oxygens (including phenoxy) is 3. The molecule has 0 spiro atoms. The predicted molar refractivity (Wildman–Crippen MR) is 104 cm³/mol. The van der Waals surface area contributed by atoms with Gasteiger partial charge < -0.3 is 14.2 Å². The highest BCUT2D eigenvalue weighted by Gasteiger charge is 2.57. The fourth-order valence-corrected chi connectivity index (χ4v) is 5.94. The second-order valence-corrected chi connectivity index (χ2v) is 9.61. The summed E-state index contributed by atoms with van der Waals surface area (Å²) in [7, 11) is 0. The van der Waals surface area contributed by atoms with Crippen molar-refractivity contribution >= 4 is 17.9 Å². The van der Waals surface area contributed by atoms with Gasteiger partial charge in [-0.15, -0.1) is 0 Å². The lowest BCUT2D eigenvalue weighted by atomic mass is 9.50. The monoisotopic (exact) mass is 402 g/mol. The zero-order chi connectivity index (χ0) is 20.9. The van der Waals surface area contributed by atoms with Crippen molar-refractivity contribution in [2.75, 3.05) is 6.61 Å². The first-order chi connectivity index (χ1) is 13.7. The third-order valence-electron chi connectivity index (χ3n) is 7.49. The van der Waals surface area contributed by atoms with E-state index in [1.807, 2.05) is 0 Å². The second-order valence-electron chi connectivity index (χ2n) is 9.61. The molecule has 1 heterocycles. The Hall–Kier alpha value is -2.11. The molecule has 5 rings (SSSR count). The maximum Gasteiger partial charge on any atom is 0.333 e. The van der Waals surface area contributed by atoms with Crippen LogP contribution in [-0.4, -0.2) is 36.2 Å². The van der Waals surface area contributed by atoms with Crippen LogP contribution in [0.5, 0.6) is 0 Å². The third-order valence-corrected chi connectivity index (χ3v) is 7.49. The first kappa shape index (κ1) is 20.2. The van der Waals surface area contributed by atoms with E-state index in [1.54, 1.807) is 13.8 Å². The van der Waals surface area contributed by atoms with Crippen molar-refractivity contribution in [3.05, 3.63) is 23.8 Å². The first-order valence-corrected chi connectivity index (χ1v) is 10.6. The molecule has 6 heteroatoms. The van der Waals surface area contributed by atoms with E-state index >= 15 is 0 Å². The summed E-state index contributed by atoms with van der Waals surface area (Å²) in [5.74, 6) is 0.149. The Labute approximate surface area is 171 Å². The van der Waals surface area contributed by atoms with Gasteiger partial charge in [0.1, 0.15) is 18.1 Å². The lowest BCUT2D eigenvalue weighted by Crippen LogP contribution is -2.58. The number of hydrogen-bond acceptors (Lipinski definition) is 6. The Morgan fingerprint density at radius 2 is 1.66 bits per heavy atom. The number of hydrogen-bond donors (Lipinski definition) is 0. The first-order valence-electron chi connectivity index (χ1n) is 10.6. The van der Waals surface area contributed by atoms with Crippen LogP contribution in [-0.2, 0) is 28.6 Å². The Kier molecular flexibility index (Phi) is 5.07. The van der Waals surface area contributed by atoms with Crippen molar-refractivity contribution in [2.45, 2.75) is 64.6 Å². The molecule has 4 saturated carbocycles. The molecule has 5 fully saturated rings. The smallest absolute Gasteiger partial charge is 0.333 e. The van der Waals surface area contributed by atoms with Gasteiger partial charge in [0.05, 0.1) is 0 Å². The van der Waals surface area contributed by atoms with Crippen LogP contribution in [0.2, 0.25) is 0 Å². The molecule has 1 aliphatic heterocycles. The average Bonchev–Trinajstić information content (AvgIpc) is 2.99. The largest absolute Gasteiger partial charge is 0.461 e. The van der Waals surface area contributed by atoms with E-state index in [0.29, 0.717) is 17.4 Å². The lowest BCUT2D eigenvalue weighted by molar-refractivity contribution is -0.199. The van der Waals surface area contributed by atoms with E-state index in [1.165, 1.54) is 12.5 Å². The normalized spacial score (nSPS) is 40.5. The Morgan fingerprint density at radius 3 is 2.21 bits per heavy atom. The van der Waals surface area contributed by atoms with Gasteiger partial charge in [-0.25, -0.2) is 9.59 Å². The third kappa shape index (κ3) is 3.62. The summed E-state index contributed by atoms with van der Waals surface area (Å²) in [5.41, 5.74) is 0.167. The summed E-state index contributed by atoms with van der Waals surface area (Å²) < 4.78 is 16.4. The molecule has 4 bridgehead atoms. The van der Waals surface area contributed by atoms with E-state index in [2.05, 4.69) is 13.5 Å². The summed E-state index contributed by atoms with van der Waals surface area (Å²) in [6.45, 7) is 8.80. The number of esters is 3. The summed E-state index contributed by atoms with van der Waals surface area (Å²) in [6.07, 6.45) is 6.69. The molecule has 5 aliphatic rings. The number of carbonyl (C=O) groups is 3. The molecule has 0 aromatic rings. The van der Waals surface area contributed by atoms with Gasteiger partial charge in [-0.05, 0) is 76.5 Å². The van der Waals surface area contributed by atoms with Gasteiger partial charge in [-0.3, -0.25) is 4.79 Å². The summed E-state index contributed by atoms with van der Waals surface area (Å²) in [4.78, 5) is 36.8. The molecule has 1 saturated heterocycles. The van der Waals surface area contributed by atoms with Gasteiger partial charge in [0, 0.05) is 11.1 Å². The van der Waals surface area contributed by atoms with Crippen molar-refractivity contribution in [3.63, 3.8) is 0 Å². The van der Waals surface area contributed by atoms with Crippen LogP contribution in [0.3, 0.4) is 0 Å². The molecule has 2 unspecified atom stereocenters. The minimum absolute atomic E-state index is 0.0218. The average molecular weight is 402 g/mol. The molecule has 4 aliphatic carbocycles. The topological polar surface area (TPSA) is 78.9 Å². The Morgan fingerprint density at radius 1 is 1.07 bits per heavy atom. The standard InChI is InChI=1S/C23H30O6/c1-12(2)20(24)28-19-11-27-22(26)18(19)5-13(3)21(25)29-23(4)16-7-14-6-15(9-16)10-17(23)8-14/h5,14-19H,1,6-11H2,2-4H3/b13-5+. The molecular formula is C23H30O6. The molecular weight excluding hydrogens is 372 g/mol. The highest BCUT2D eigenvalue weighted by molar-refractivity contribution is 5.90. The van der Waals surface area contributed by atoms with Crippen LogP contribution < -0.4 is 0 Å². The maximum absolute atomic E-state index is 12.9. The van der Waals surface area contributed by atoms with Crippen LogP contribution in [0.25, 0.3) is 0 Å². The zero-order valence-electron chi connectivity index (χ0n) is 17.4. The highest BCUT2D eigenvalue weighted by Crippen LogP contribution is 2.59. The van der Waals surface area contributed by atoms with E-state index in [4.69, 9.17) is 14.2 Å². The minimum Gasteiger partial charge on any atom is -0.461 e. The molecule has 29 heavy (non-hydrogen) atoms. The molecule has 0 amide bonds. The van der Waals surface area contributed by atoms with E-state index in [9.17, 15) is 14.4 Å². The van der Waals surface area contributed by atoms with Crippen molar-refractivity contribution in [1.82, 2.24) is 0 Å². The molecule has 158 valence electrons. The SMILES string of the molecule is C=C(C)C(=O)OC1COC(=O)C1/C=C(\C)C(=O)OC1(C)C2CC3CC(C2)CC1C3. The van der Waals surface area contributed by atoms with Crippen LogP contribution in [0.15, 0.2) is 23.8 Å². The highest BCUT2D eigenvalue weighted by atomic mass is 16.6. The molecule has 0 aromatic heterocycles. The summed E-state index contributed by atoms with van der Waals surface area (Å²) >= 11 is 0. The number of rotatable bonds is 5. The predicted octanol–water partition coefficient (Wildman–Crippen LogP) is 3.35. The maximum atomic E-state index is 12.9. The van der Waals surface area contributed by atoms with Crippen molar-refractivity contribution in [2.24, 2.45) is 29.6 Å². The van der Waals surface area contributed by atoms with Gasteiger partial charge in [-0.1, -0.05) is 12.7 Å². The summed E-state index contributed by atoms with van der Waals surface area (Å²) in [6, 6.07) is 0. The van der Waals surface area contributed by atoms with E-state index < -0.39 is 35.5 Å². The van der Waals surface area contributed by atoms with Gasteiger partial charge in [-0.2, -0.15) is 0 Å². The fourth-order valence-electron chi connectivity index (χ4n) is 5.94. The Balaban J connectivity index is 1.45. The fraction of sp³-hybridized carbons (Fsp3) is 0.696. The minimum atomic E-state index is -0.808. The van der Waals surface area contributed by atoms with Crippen LogP contribution >= 0.6 is 0 Å². The van der Waals surface area contributed by atoms with E-state index in [0.717, 1.165) is 37.5 Å². The molecule has 6 nitrogen and oxygen atoms in total. The van der Waals surface area contributed by atoms with Gasteiger partial charge in [0.15, 0.2) is 6.10 Å². The molecule has 0 radical (unpaired) electrons. The van der Waals surface area contributed by atoms with Crippen LogP contribution in [0.1, 0.15) is 52.9 Å². The van der Waals surface area contributed by atoms with Crippen LogP contribution in [0.4, 0.5) is 0 Å². The second kappa shape index (κ2) is 7.29.